The van der Waals surface area contributed by atoms with E-state index in [-0.39, 0.29) is 29.1 Å². The summed E-state index contributed by atoms with van der Waals surface area (Å²) in [5, 5.41) is 5.68. The highest BCUT2D eigenvalue weighted by atomic mass is 16.2. The first kappa shape index (κ1) is 13.6. The molecule has 2 saturated heterocycles. The zero-order valence-corrected chi connectivity index (χ0v) is 12.0. The quantitative estimate of drug-likeness (QED) is 0.600. The van der Waals surface area contributed by atoms with E-state index in [1.165, 1.54) is 0 Å². The second kappa shape index (κ2) is 4.71. The van der Waals surface area contributed by atoms with Crippen LogP contribution in [0.5, 0.6) is 0 Å². The van der Waals surface area contributed by atoms with Crippen LogP contribution in [0.3, 0.4) is 0 Å². The molecular formula is C16H17N3O3. The predicted octanol–water partition coefficient (Wildman–Crippen LogP) is -0.112. The molecule has 0 bridgehead atoms. The van der Waals surface area contributed by atoms with E-state index in [9.17, 15) is 14.4 Å². The lowest BCUT2D eigenvalue weighted by molar-refractivity contribution is -0.134. The summed E-state index contributed by atoms with van der Waals surface area (Å²) in [7, 11) is 0. The van der Waals surface area contributed by atoms with E-state index in [0.717, 1.165) is 30.6 Å². The van der Waals surface area contributed by atoms with Crippen LogP contribution in [0, 0.1) is 11.8 Å². The number of hydrogen-bond acceptors (Lipinski definition) is 5. The number of piperidine rings is 2. The molecule has 1 saturated carbocycles. The minimum atomic E-state index is -0.310. The van der Waals surface area contributed by atoms with E-state index >= 15 is 0 Å². The fourth-order valence-corrected chi connectivity index (χ4v) is 4.11. The Morgan fingerprint density at radius 2 is 2.18 bits per heavy atom. The summed E-state index contributed by atoms with van der Waals surface area (Å²) in [4.78, 5) is 38.9. The van der Waals surface area contributed by atoms with E-state index in [1.54, 1.807) is 6.20 Å². The van der Waals surface area contributed by atoms with Gasteiger partial charge in [-0.25, -0.2) is 0 Å². The number of hydrogen-bond donors (Lipinski definition) is 2. The van der Waals surface area contributed by atoms with Crippen molar-refractivity contribution in [3.63, 3.8) is 0 Å². The monoisotopic (exact) mass is 299 g/mol. The number of fused-ring (bicyclic) bond motifs is 1. The first-order chi connectivity index (χ1) is 10.7. The molecule has 0 spiro atoms. The zero-order chi connectivity index (χ0) is 15.3. The minimum Gasteiger partial charge on any atom is -0.315 e. The van der Waals surface area contributed by atoms with E-state index < -0.39 is 0 Å². The van der Waals surface area contributed by atoms with Crippen molar-refractivity contribution in [3.8, 4) is 0 Å². The van der Waals surface area contributed by atoms with E-state index in [4.69, 9.17) is 0 Å². The highest BCUT2D eigenvalue weighted by molar-refractivity contribution is 6.00. The van der Waals surface area contributed by atoms with Gasteiger partial charge >= 0.3 is 0 Å². The van der Waals surface area contributed by atoms with Crippen LogP contribution in [0.1, 0.15) is 30.0 Å². The van der Waals surface area contributed by atoms with Gasteiger partial charge in [-0.2, -0.15) is 0 Å². The van der Waals surface area contributed by atoms with Crippen LogP contribution >= 0.6 is 0 Å². The molecular weight excluding hydrogens is 282 g/mol. The molecule has 1 aromatic rings. The Morgan fingerprint density at radius 3 is 2.82 bits per heavy atom. The maximum atomic E-state index is 11.9. The highest BCUT2D eigenvalue weighted by Gasteiger charge is 2.68. The van der Waals surface area contributed by atoms with Crippen molar-refractivity contribution in [2.45, 2.75) is 24.2 Å². The Hall–Kier alpha value is -2.08. The number of imide groups is 1. The molecule has 3 heterocycles. The van der Waals surface area contributed by atoms with Crippen molar-refractivity contribution in [3.05, 3.63) is 29.6 Å². The molecule has 2 aliphatic heterocycles. The number of nitrogens with zero attached hydrogens (tertiary/aromatic N) is 1. The molecule has 22 heavy (non-hydrogen) atoms. The molecule has 114 valence electrons. The second-order valence-electron chi connectivity index (χ2n) is 6.42. The summed E-state index contributed by atoms with van der Waals surface area (Å²) in [5.74, 6) is -0.366. The predicted molar refractivity (Wildman–Crippen MR) is 77.0 cm³/mol. The average Bonchev–Trinajstić information content (AvgIpc) is 2.93. The number of carbonyl (C=O) groups excluding carboxylic acids is 3. The number of amides is 2. The molecule has 4 rings (SSSR count). The van der Waals surface area contributed by atoms with Gasteiger partial charge in [-0.1, -0.05) is 6.07 Å². The minimum absolute atomic E-state index is 0.0581. The van der Waals surface area contributed by atoms with Crippen LogP contribution in [0.25, 0.3) is 0 Å². The fraction of sp³-hybridized carbons (Fsp3) is 0.500. The Morgan fingerprint density at radius 1 is 1.32 bits per heavy atom. The summed E-state index contributed by atoms with van der Waals surface area (Å²) in [6.45, 7) is 1.64. The highest BCUT2D eigenvalue weighted by Crippen LogP contribution is 2.60. The van der Waals surface area contributed by atoms with Crippen LogP contribution in [-0.2, 0) is 19.8 Å². The molecule has 0 aromatic carbocycles. The molecule has 4 atom stereocenters. The summed E-state index contributed by atoms with van der Waals surface area (Å²) in [6, 6.07) is 3.84. The Balaban J connectivity index is 1.58. The van der Waals surface area contributed by atoms with Gasteiger partial charge in [0.1, 0.15) is 6.29 Å². The molecule has 1 aromatic heterocycles. The first-order valence-electron chi connectivity index (χ1n) is 7.63. The van der Waals surface area contributed by atoms with Crippen LogP contribution in [0.2, 0.25) is 0 Å². The van der Waals surface area contributed by atoms with Gasteiger partial charge in [-0.05, 0) is 30.5 Å². The van der Waals surface area contributed by atoms with Crippen molar-refractivity contribution in [2.24, 2.45) is 11.8 Å². The van der Waals surface area contributed by atoms with E-state index in [1.807, 2.05) is 12.1 Å². The molecule has 6 heteroatoms. The van der Waals surface area contributed by atoms with Crippen molar-refractivity contribution in [2.75, 3.05) is 13.1 Å². The number of rotatable bonds is 3. The van der Waals surface area contributed by atoms with Crippen molar-refractivity contribution in [1.29, 1.82) is 0 Å². The van der Waals surface area contributed by atoms with Gasteiger partial charge in [0.15, 0.2) is 0 Å². The number of pyridine rings is 1. The molecule has 1 aliphatic carbocycles. The average molecular weight is 299 g/mol. The SMILES string of the molecule is O=CC1C2CNCC12c1ccc([C@H]2CCC(=O)NC2=O)cn1. The molecule has 3 unspecified atom stereocenters. The number of aldehydes is 1. The topological polar surface area (TPSA) is 88.2 Å². The summed E-state index contributed by atoms with van der Waals surface area (Å²) >= 11 is 0. The maximum absolute atomic E-state index is 11.9. The van der Waals surface area contributed by atoms with Gasteiger partial charge in [0.05, 0.1) is 5.92 Å². The van der Waals surface area contributed by atoms with Gasteiger partial charge in [0.25, 0.3) is 0 Å². The summed E-state index contributed by atoms with van der Waals surface area (Å²) in [6.07, 6.45) is 3.65. The number of carbonyl (C=O) groups is 3. The Labute approximate surface area is 127 Å². The Kier molecular flexibility index (Phi) is 2.91. The molecule has 3 fully saturated rings. The number of aromatic nitrogens is 1. The maximum Gasteiger partial charge on any atom is 0.234 e. The van der Waals surface area contributed by atoms with Crippen molar-refractivity contribution < 1.29 is 14.4 Å². The lowest BCUT2D eigenvalue weighted by Crippen LogP contribution is -2.39. The molecule has 0 radical (unpaired) electrons. The van der Waals surface area contributed by atoms with Gasteiger partial charge < -0.3 is 10.1 Å². The fourth-order valence-electron chi connectivity index (χ4n) is 4.11. The van der Waals surface area contributed by atoms with Crippen LogP contribution in [0.4, 0.5) is 0 Å². The standard InChI is InChI=1S/C16H17N3O3/c20-7-12-11-6-17-8-16(11,12)13-3-1-9(5-18-13)10-2-4-14(21)19-15(10)22/h1,3,5,7,10-12,17H,2,4,6,8H2,(H,19,21,22)/t10-,11?,12?,16?/m1/s1. The molecule has 2 amide bonds. The second-order valence-corrected chi connectivity index (χ2v) is 6.42. The van der Waals surface area contributed by atoms with E-state index in [0.29, 0.717) is 18.8 Å². The van der Waals surface area contributed by atoms with Crippen LogP contribution < -0.4 is 10.6 Å². The Bertz CT molecular complexity index is 657. The van der Waals surface area contributed by atoms with Crippen molar-refractivity contribution >= 4 is 18.1 Å². The van der Waals surface area contributed by atoms with Gasteiger partial charge in [0.2, 0.25) is 11.8 Å². The third kappa shape index (κ3) is 1.76. The first-order valence-corrected chi connectivity index (χ1v) is 7.63. The van der Waals surface area contributed by atoms with E-state index in [2.05, 4.69) is 15.6 Å². The molecule has 6 nitrogen and oxygen atoms in total. The summed E-state index contributed by atoms with van der Waals surface area (Å²) < 4.78 is 0. The third-order valence-electron chi connectivity index (χ3n) is 5.41. The number of nitrogens with one attached hydrogen (secondary N) is 2. The molecule has 2 N–H and O–H groups in total. The lowest BCUT2D eigenvalue weighted by Gasteiger charge is -2.21. The largest absolute Gasteiger partial charge is 0.315 e. The van der Waals surface area contributed by atoms with Gasteiger partial charge in [0, 0.05) is 36.2 Å². The van der Waals surface area contributed by atoms with Gasteiger partial charge in [-0.3, -0.25) is 19.9 Å². The lowest BCUT2D eigenvalue weighted by atomic mass is 9.90. The summed E-state index contributed by atoms with van der Waals surface area (Å²) in [5.41, 5.74) is 1.61. The van der Waals surface area contributed by atoms with Crippen molar-refractivity contribution in [1.82, 2.24) is 15.6 Å². The smallest absolute Gasteiger partial charge is 0.234 e. The molecule has 3 aliphatic rings. The van der Waals surface area contributed by atoms with Gasteiger partial charge in [-0.15, -0.1) is 0 Å². The zero-order valence-electron chi connectivity index (χ0n) is 12.0. The van der Waals surface area contributed by atoms with Crippen LogP contribution in [-0.4, -0.2) is 36.2 Å². The van der Waals surface area contributed by atoms with Crippen LogP contribution in [0.15, 0.2) is 18.3 Å². The third-order valence-corrected chi connectivity index (χ3v) is 5.41. The normalized spacial score (nSPS) is 36.6.